The van der Waals surface area contributed by atoms with Crippen molar-refractivity contribution in [3.8, 4) is 0 Å². The topological polar surface area (TPSA) is 53.6 Å². The Morgan fingerprint density at radius 1 is 1.00 bits per heavy atom. The van der Waals surface area contributed by atoms with Crippen molar-refractivity contribution >= 4 is 22.5 Å². The maximum atomic E-state index is 4.37. The van der Waals surface area contributed by atoms with Crippen LogP contribution in [-0.2, 0) is 0 Å². The molecule has 0 unspecified atom stereocenters. The van der Waals surface area contributed by atoms with E-state index in [2.05, 4.69) is 26.3 Å². The third kappa shape index (κ3) is 2.05. The fourth-order valence-corrected chi connectivity index (χ4v) is 2.04. The Balaban J connectivity index is 1.95. The molecule has 1 aromatic carbocycles. The number of nitrogens with one attached hydrogen (secondary N) is 2. The first kappa shape index (κ1) is 10.8. The molecule has 0 fully saturated rings. The van der Waals surface area contributed by atoms with Gasteiger partial charge in [-0.2, -0.15) is 0 Å². The number of fused-ring (bicyclic) bond motifs is 1. The third-order valence-electron chi connectivity index (χ3n) is 2.79. The summed E-state index contributed by atoms with van der Waals surface area (Å²) in [5.74, 6) is 0.641. The molecule has 3 aromatic rings. The molecule has 0 atom stereocenters. The maximum Gasteiger partial charge on any atom is 0.227 e. The Kier molecular flexibility index (Phi) is 2.48. The van der Waals surface area contributed by atoms with E-state index in [9.17, 15) is 0 Å². The average molecular weight is 238 g/mol. The molecule has 0 saturated heterocycles. The third-order valence-corrected chi connectivity index (χ3v) is 2.79. The summed E-state index contributed by atoms with van der Waals surface area (Å²) in [7, 11) is 0. The first-order valence-electron chi connectivity index (χ1n) is 5.87. The summed E-state index contributed by atoms with van der Waals surface area (Å²) in [6.07, 6.45) is 1.93. The second-order valence-corrected chi connectivity index (χ2v) is 4.38. The van der Waals surface area contributed by atoms with Gasteiger partial charge in [-0.1, -0.05) is 0 Å². The zero-order chi connectivity index (χ0) is 12.5. The van der Waals surface area contributed by atoms with Gasteiger partial charge in [0.25, 0.3) is 0 Å². The van der Waals surface area contributed by atoms with Crippen LogP contribution in [0.25, 0.3) is 10.9 Å². The van der Waals surface area contributed by atoms with E-state index < -0.39 is 0 Å². The van der Waals surface area contributed by atoms with Crippen LogP contribution in [0.5, 0.6) is 0 Å². The lowest BCUT2D eigenvalue weighted by Crippen LogP contribution is -1.99. The lowest BCUT2D eigenvalue weighted by atomic mass is 10.2. The highest BCUT2D eigenvalue weighted by molar-refractivity contribution is 5.83. The standard InChI is InChI=1S/C14H14N4/c1-9-7-10(2)17-14(16-9)18-12-3-4-13-11(8-12)5-6-15-13/h3-8,15H,1-2H3,(H,16,17,18). The smallest absolute Gasteiger partial charge is 0.227 e. The van der Waals surface area contributed by atoms with Crippen molar-refractivity contribution in [2.45, 2.75) is 13.8 Å². The molecule has 0 aliphatic heterocycles. The van der Waals surface area contributed by atoms with Gasteiger partial charge in [-0.3, -0.25) is 0 Å². The number of aromatic nitrogens is 3. The van der Waals surface area contributed by atoms with Gasteiger partial charge in [0.15, 0.2) is 0 Å². The second-order valence-electron chi connectivity index (χ2n) is 4.38. The number of benzene rings is 1. The van der Waals surface area contributed by atoms with Gasteiger partial charge < -0.3 is 10.3 Å². The molecular weight excluding hydrogens is 224 g/mol. The molecule has 4 heteroatoms. The van der Waals surface area contributed by atoms with Crippen molar-refractivity contribution < 1.29 is 0 Å². The minimum atomic E-state index is 0.641. The molecule has 0 radical (unpaired) electrons. The Hall–Kier alpha value is -2.36. The molecule has 2 N–H and O–H groups in total. The van der Waals surface area contributed by atoms with Crippen molar-refractivity contribution in [3.63, 3.8) is 0 Å². The second kappa shape index (κ2) is 4.14. The quantitative estimate of drug-likeness (QED) is 0.720. The molecular formula is C14H14N4. The lowest BCUT2D eigenvalue weighted by molar-refractivity contribution is 1.06. The van der Waals surface area contributed by atoms with E-state index >= 15 is 0 Å². The summed E-state index contributed by atoms with van der Waals surface area (Å²) in [6, 6.07) is 10.1. The number of aryl methyl sites for hydroxylation is 2. The van der Waals surface area contributed by atoms with Crippen LogP contribution in [0.2, 0.25) is 0 Å². The highest BCUT2D eigenvalue weighted by Gasteiger charge is 2.01. The molecule has 3 rings (SSSR count). The number of H-pyrrole nitrogens is 1. The van der Waals surface area contributed by atoms with Gasteiger partial charge in [-0.15, -0.1) is 0 Å². The van der Waals surface area contributed by atoms with Crippen LogP contribution in [0, 0.1) is 13.8 Å². The number of hydrogen-bond donors (Lipinski definition) is 2. The van der Waals surface area contributed by atoms with Gasteiger partial charge in [-0.25, -0.2) is 9.97 Å². The summed E-state index contributed by atoms with van der Waals surface area (Å²) >= 11 is 0. The highest BCUT2D eigenvalue weighted by Crippen LogP contribution is 2.20. The van der Waals surface area contributed by atoms with Gasteiger partial charge in [0.1, 0.15) is 0 Å². The first-order valence-corrected chi connectivity index (χ1v) is 5.87. The zero-order valence-electron chi connectivity index (χ0n) is 10.4. The molecule has 0 spiro atoms. The summed E-state index contributed by atoms with van der Waals surface area (Å²) in [6.45, 7) is 3.93. The predicted molar refractivity (Wildman–Crippen MR) is 73.1 cm³/mol. The van der Waals surface area contributed by atoms with Gasteiger partial charge >= 0.3 is 0 Å². The van der Waals surface area contributed by atoms with E-state index in [0.717, 1.165) is 22.6 Å². The molecule has 90 valence electrons. The van der Waals surface area contributed by atoms with E-state index in [1.54, 1.807) is 0 Å². The molecule has 4 nitrogen and oxygen atoms in total. The van der Waals surface area contributed by atoms with E-state index in [1.165, 1.54) is 5.39 Å². The van der Waals surface area contributed by atoms with E-state index in [0.29, 0.717) is 5.95 Å². The van der Waals surface area contributed by atoms with Crippen LogP contribution in [0.3, 0.4) is 0 Å². The maximum absolute atomic E-state index is 4.37. The van der Waals surface area contributed by atoms with Crippen LogP contribution >= 0.6 is 0 Å². The molecule has 0 bridgehead atoms. The molecule has 0 saturated carbocycles. The summed E-state index contributed by atoms with van der Waals surface area (Å²) in [5, 5.41) is 4.40. The highest BCUT2D eigenvalue weighted by atomic mass is 15.1. The summed E-state index contributed by atoms with van der Waals surface area (Å²) in [4.78, 5) is 11.9. The van der Waals surface area contributed by atoms with Crippen LogP contribution in [-0.4, -0.2) is 15.0 Å². The molecule has 18 heavy (non-hydrogen) atoms. The first-order chi connectivity index (χ1) is 8.70. The number of aromatic amines is 1. The lowest BCUT2D eigenvalue weighted by Gasteiger charge is -2.06. The molecule has 0 aliphatic carbocycles. The number of anilines is 2. The van der Waals surface area contributed by atoms with E-state index in [-0.39, 0.29) is 0 Å². The van der Waals surface area contributed by atoms with Gasteiger partial charge in [0.2, 0.25) is 5.95 Å². The predicted octanol–water partition coefficient (Wildman–Crippen LogP) is 3.32. The Morgan fingerprint density at radius 3 is 2.56 bits per heavy atom. The Labute approximate surface area is 105 Å². The Bertz CT molecular complexity index is 680. The molecule has 0 aliphatic rings. The van der Waals surface area contributed by atoms with Gasteiger partial charge in [0.05, 0.1) is 0 Å². The normalized spacial score (nSPS) is 10.8. The Morgan fingerprint density at radius 2 is 1.78 bits per heavy atom. The van der Waals surface area contributed by atoms with Gasteiger partial charge in [-0.05, 0) is 44.2 Å². The zero-order valence-corrected chi connectivity index (χ0v) is 10.4. The van der Waals surface area contributed by atoms with Gasteiger partial charge in [0, 0.05) is 34.2 Å². The SMILES string of the molecule is Cc1cc(C)nc(Nc2ccc3[nH]ccc3c2)n1. The minimum absolute atomic E-state index is 0.641. The van der Waals surface area contributed by atoms with Crippen LogP contribution in [0.4, 0.5) is 11.6 Å². The number of nitrogens with zero attached hydrogens (tertiary/aromatic N) is 2. The minimum Gasteiger partial charge on any atom is -0.361 e. The van der Waals surface area contributed by atoms with Crippen LogP contribution in [0.15, 0.2) is 36.5 Å². The van der Waals surface area contributed by atoms with Crippen molar-refractivity contribution in [1.29, 1.82) is 0 Å². The van der Waals surface area contributed by atoms with Crippen molar-refractivity contribution in [1.82, 2.24) is 15.0 Å². The van der Waals surface area contributed by atoms with E-state index in [1.807, 2.05) is 44.3 Å². The largest absolute Gasteiger partial charge is 0.361 e. The number of hydrogen-bond acceptors (Lipinski definition) is 3. The number of rotatable bonds is 2. The molecule has 0 amide bonds. The van der Waals surface area contributed by atoms with Crippen molar-refractivity contribution in [3.05, 3.63) is 47.9 Å². The van der Waals surface area contributed by atoms with E-state index in [4.69, 9.17) is 0 Å². The summed E-state index contributed by atoms with van der Waals surface area (Å²) in [5.41, 5.74) is 4.05. The molecule has 2 aromatic heterocycles. The fraction of sp³-hybridized carbons (Fsp3) is 0.143. The fourth-order valence-electron chi connectivity index (χ4n) is 2.04. The van der Waals surface area contributed by atoms with Crippen molar-refractivity contribution in [2.75, 3.05) is 5.32 Å². The summed E-state index contributed by atoms with van der Waals surface area (Å²) < 4.78 is 0. The van der Waals surface area contributed by atoms with Crippen molar-refractivity contribution in [2.24, 2.45) is 0 Å². The van der Waals surface area contributed by atoms with Crippen LogP contribution < -0.4 is 5.32 Å². The molecule has 2 heterocycles. The average Bonchev–Trinajstić information content (AvgIpc) is 2.74. The monoisotopic (exact) mass is 238 g/mol. The van der Waals surface area contributed by atoms with Crippen LogP contribution in [0.1, 0.15) is 11.4 Å².